The van der Waals surface area contributed by atoms with E-state index < -0.39 is 5.97 Å². The van der Waals surface area contributed by atoms with Crippen molar-refractivity contribution in [2.75, 3.05) is 0 Å². The molecule has 0 bridgehead atoms. The van der Waals surface area contributed by atoms with E-state index in [2.05, 4.69) is 6.58 Å². The molecule has 1 rings (SSSR count). The van der Waals surface area contributed by atoms with Gasteiger partial charge in [-0.25, -0.2) is 4.79 Å². The van der Waals surface area contributed by atoms with Crippen molar-refractivity contribution in [3.05, 3.63) is 36.0 Å². The van der Waals surface area contributed by atoms with Gasteiger partial charge in [0, 0.05) is 0 Å². The van der Waals surface area contributed by atoms with Gasteiger partial charge in [0.15, 0.2) is 0 Å². The van der Waals surface area contributed by atoms with E-state index in [1.165, 1.54) is 6.08 Å². The van der Waals surface area contributed by atoms with E-state index in [-0.39, 0.29) is 83.0 Å². The summed E-state index contributed by atoms with van der Waals surface area (Å²) in [6.07, 6.45) is 4.87. The molecule has 0 aromatic carbocycles. The van der Waals surface area contributed by atoms with Crippen LogP contribution in [0.1, 0.15) is 5.71 Å². The van der Waals surface area contributed by atoms with Crippen molar-refractivity contribution >= 4 is 77.7 Å². The first kappa shape index (κ1) is 18.7. The van der Waals surface area contributed by atoms with Crippen LogP contribution in [0.25, 0.3) is 0 Å². The molecule has 12 heavy (non-hydrogen) atoms. The summed E-state index contributed by atoms with van der Waals surface area (Å²) in [5, 5.41) is 8.41. The molecule has 1 aliphatic rings. The van der Waals surface area contributed by atoms with Crippen molar-refractivity contribution in [3.63, 3.8) is 0 Å². The van der Waals surface area contributed by atoms with Crippen LogP contribution in [0.2, 0.25) is 0 Å². The van der Waals surface area contributed by atoms with Crippen molar-refractivity contribution in [1.29, 1.82) is 0 Å². The molecule has 0 atom stereocenters. The third-order valence-corrected chi connectivity index (χ3v) is 1.14. The maximum Gasteiger partial charge on any atom is 2.00 e. The third kappa shape index (κ3) is 4.84. The van der Waals surface area contributed by atoms with E-state index in [0.717, 1.165) is 0 Å². The molecule has 0 amide bonds. The van der Waals surface area contributed by atoms with Crippen molar-refractivity contribution < 1.29 is 15.6 Å². The predicted octanol–water partition coefficient (Wildman–Crippen LogP) is -0.640. The van der Waals surface area contributed by atoms with Gasteiger partial charge < -0.3 is 10.8 Å². The van der Waals surface area contributed by atoms with E-state index >= 15 is 0 Å². The largest absolute Gasteiger partial charge is 2.00 e. The number of allylic oxidation sites excluding steroid dienone is 3. The van der Waals surface area contributed by atoms with Crippen LogP contribution in [0.15, 0.2) is 36.0 Å². The number of carboxylic acid groups (broad SMARTS) is 1. The van der Waals surface area contributed by atoms with E-state index in [0.29, 0.717) is 5.57 Å². The molecule has 0 spiro atoms. The van der Waals surface area contributed by atoms with Gasteiger partial charge >= 0.3 is 66.8 Å². The van der Waals surface area contributed by atoms with Crippen LogP contribution >= 0.6 is 0 Å². The summed E-state index contributed by atoms with van der Waals surface area (Å²) in [5.41, 5.74) is 0.859. The van der Waals surface area contributed by atoms with Crippen molar-refractivity contribution in [2.45, 2.75) is 0 Å². The fourth-order valence-corrected chi connectivity index (χ4v) is 0.666. The number of hydrogen-bond acceptors (Lipinski definition) is 1. The van der Waals surface area contributed by atoms with Crippen LogP contribution in [0.5, 0.6) is 0 Å². The first-order valence-corrected chi connectivity index (χ1v) is 2.53. The first-order chi connectivity index (χ1) is 4.22. The maximum atomic E-state index is 10.2. The minimum absolute atomic E-state index is 0. The Kier molecular flexibility index (Phi) is 13.3. The third-order valence-electron chi connectivity index (χ3n) is 1.14. The number of rotatable bonds is 1. The molecular formula is C7H14CaMgO2Si. The topological polar surface area (TPSA) is 37.3 Å². The van der Waals surface area contributed by atoms with Gasteiger partial charge in [0.05, 0.1) is 5.57 Å². The zero-order chi connectivity index (χ0) is 6.85. The smallest absolute Gasteiger partial charge is 1.00 e. The van der Waals surface area contributed by atoms with Gasteiger partial charge in [-0.15, -0.1) is 0 Å². The summed E-state index contributed by atoms with van der Waals surface area (Å²) in [7, 11) is 0. The zero-order valence-corrected chi connectivity index (χ0v) is 9.83. The summed E-state index contributed by atoms with van der Waals surface area (Å²) in [4.78, 5) is 10.2. The zero-order valence-electron chi connectivity index (χ0n) is 10.2. The van der Waals surface area contributed by atoms with Crippen LogP contribution in [0.4, 0.5) is 0 Å². The van der Waals surface area contributed by atoms with Gasteiger partial charge in [0.2, 0.25) is 0 Å². The SMILES string of the molecule is C=C1C=CC=C1C(=O)O.[Ca+2].[H-].[H-].[H-].[H-].[Mg+2].[SiH4]. The molecule has 1 N–H and O–H groups in total. The number of aliphatic carboxylic acids is 1. The Morgan fingerprint density at radius 2 is 2.08 bits per heavy atom. The monoisotopic (exact) mass is 222 g/mol. The summed E-state index contributed by atoms with van der Waals surface area (Å²) >= 11 is 0. The Balaban J connectivity index is -0.0000000231. The minimum atomic E-state index is -0.912. The quantitative estimate of drug-likeness (QED) is 0.600. The predicted molar refractivity (Wildman–Crippen MR) is 61.3 cm³/mol. The summed E-state index contributed by atoms with van der Waals surface area (Å²) in [5.74, 6) is -0.912. The molecule has 62 valence electrons. The first-order valence-electron chi connectivity index (χ1n) is 2.53. The van der Waals surface area contributed by atoms with E-state index in [1.54, 1.807) is 12.2 Å². The fraction of sp³-hybridized carbons (Fsp3) is 0. The minimum Gasteiger partial charge on any atom is -1.00 e. The van der Waals surface area contributed by atoms with Crippen molar-refractivity contribution in [2.24, 2.45) is 0 Å². The van der Waals surface area contributed by atoms with Gasteiger partial charge in [-0.2, -0.15) is 0 Å². The fourth-order valence-electron chi connectivity index (χ4n) is 0.666. The Bertz CT molecular complexity index is 249. The Morgan fingerprint density at radius 3 is 2.25 bits per heavy atom. The van der Waals surface area contributed by atoms with Crippen molar-refractivity contribution in [1.82, 2.24) is 0 Å². The molecule has 0 aliphatic heterocycles. The van der Waals surface area contributed by atoms with Crippen LogP contribution in [0.3, 0.4) is 0 Å². The molecule has 0 heterocycles. The van der Waals surface area contributed by atoms with Crippen LogP contribution in [-0.4, -0.2) is 82.8 Å². The summed E-state index contributed by atoms with van der Waals surface area (Å²) < 4.78 is 0. The average Bonchev–Trinajstić information content (AvgIpc) is 2.13. The van der Waals surface area contributed by atoms with Crippen molar-refractivity contribution in [3.8, 4) is 0 Å². The molecule has 5 heteroatoms. The number of carbonyl (C=O) groups is 1. The van der Waals surface area contributed by atoms with Crippen LogP contribution < -0.4 is 0 Å². The molecule has 0 aromatic rings. The molecule has 0 unspecified atom stereocenters. The van der Waals surface area contributed by atoms with Gasteiger partial charge in [-0.05, 0) is 22.6 Å². The molecule has 0 saturated carbocycles. The second-order valence-electron chi connectivity index (χ2n) is 1.77. The molecule has 2 nitrogen and oxygen atoms in total. The van der Waals surface area contributed by atoms with Gasteiger partial charge in [0.1, 0.15) is 0 Å². The second kappa shape index (κ2) is 8.53. The molecule has 0 saturated heterocycles. The summed E-state index contributed by atoms with van der Waals surface area (Å²) in [6, 6.07) is 0. The molecule has 0 fully saturated rings. The van der Waals surface area contributed by atoms with E-state index in [1.807, 2.05) is 0 Å². The average molecular weight is 223 g/mol. The van der Waals surface area contributed by atoms with E-state index in [4.69, 9.17) is 5.11 Å². The molecule has 1 aliphatic carbocycles. The van der Waals surface area contributed by atoms with Gasteiger partial charge in [-0.3, -0.25) is 0 Å². The summed E-state index contributed by atoms with van der Waals surface area (Å²) in [6.45, 7) is 3.52. The number of hydrogen-bond donors (Lipinski definition) is 1. The Hall–Kier alpha value is 0.933. The van der Waals surface area contributed by atoms with Crippen LogP contribution in [0, 0.1) is 0 Å². The molecule has 0 aromatic heterocycles. The van der Waals surface area contributed by atoms with Gasteiger partial charge in [0.25, 0.3) is 0 Å². The number of carboxylic acids is 1. The maximum absolute atomic E-state index is 10.2. The molecule has 0 radical (unpaired) electrons. The van der Waals surface area contributed by atoms with Gasteiger partial charge in [-0.1, -0.05) is 18.7 Å². The van der Waals surface area contributed by atoms with E-state index in [9.17, 15) is 4.79 Å². The van der Waals surface area contributed by atoms with Crippen LogP contribution in [-0.2, 0) is 4.79 Å². The Labute approximate surface area is 128 Å². The standard InChI is InChI=1S/C7H6O2.Ca.Mg.H4Si.4H/c1-5-3-2-4-6(5)7(8)9;;;;;;;/h2-4H,1H2,(H,8,9);;;1H4;;;;/q;2*+2;;4*-1. The molecular weight excluding hydrogens is 209 g/mol. The Morgan fingerprint density at radius 1 is 1.58 bits per heavy atom. The normalized spacial score (nSPS) is 12.0. The second-order valence-corrected chi connectivity index (χ2v) is 1.77.